The summed E-state index contributed by atoms with van der Waals surface area (Å²) < 4.78 is 4.94. The van der Waals surface area contributed by atoms with E-state index in [0.717, 1.165) is 19.0 Å². The number of carbonyl (C=O) groups is 2. The Kier molecular flexibility index (Phi) is 5.10. The van der Waals surface area contributed by atoms with Crippen molar-refractivity contribution in [2.45, 2.75) is 38.8 Å². The lowest BCUT2D eigenvalue weighted by molar-refractivity contribution is -0.114. The van der Waals surface area contributed by atoms with Gasteiger partial charge in [0.2, 0.25) is 5.12 Å². The molecule has 0 spiro atoms. The molecule has 0 N–H and O–H groups in total. The third-order valence-electron chi connectivity index (χ3n) is 3.74. The van der Waals surface area contributed by atoms with E-state index in [2.05, 4.69) is 0 Å². The van der Waals surface area contributed by atoms with Crippen LogP contribution in [-0.2, 0) is 9.53 Å². The van der Waals surface area contributed by atoms with Crippen LogP contribution < -0.4 is 0 Å². The number of carbonyl (C=O) groups excluding carboxylic acids is 2. The number of thioether (sulfide) groups is 1. The van der Waals surface area contributed by atoms with Crippen LogP contribution in [0.5, 0.6) is 0 Å². The van der Waals surface area contributed by atoms with Gasteiger partial charge in [-0.1, -0.05) is 11.8 Å². The third-order valence-corrected chi connectivity index (χ3v) is 4.77. The van der Waals surface area contributed by atoms with Gasteiger partial charge in [-0.2, -0.15) is 0 Å². The summed E-state index contributed by atoms with van der Waals surface area (Å²) in [4.78, 5) is 26.9. The van der Waals surface area contributed by atoms with E-state index in [1.807, 2.05) is 18.7 Å². The average molecular weight is 286 g/mol. The van der Waals surface area contributed by atoms with Gasteiger partial charge < -0.3 is 14.5 Å². The number of hydrogen-bond donors (Lipinski definition) is 0. The molecule has 0 saturated carbocycles. The van der Waals surface area contributed by atoms with Gasteiger partial charge in [0.15, 0.2) is 0 Å². The fraction of sp³-hybridized carbons (Fsp3) is 0.846. The Morgan fingerprint density at radius 1 is 1.16 bits per heavy atom. The first-order chi connectivity index (χ1) is 9.20. The Labute approximate surface area is 118 Å². The summed E-state index contributed by atoms with van der Waals surface area (Å²) in [6, 6.07) is -0.0407. The molecule has 3 saturated heterocycles. The van der Waals surface area contributed by atoms with Gasteiger partial charge in [-0.3, -0.25) is 4.79 Å². The van der Waals surface area contributed by atoms with Crippen LogP contribution in [0.4, 0.5) is 4.79 Å². The zero-order chi connectivity index (χ0) is 13.8. The van der Waals surface area contributed by atoms with Crippen LogP contribution in [0.3, 0.4) is 0 Å². The zero-order valence-corrected chi connectivity index (χ0v) is 12.4. The van der Waals surface area contributed by atoms with E-state index in [1.54, 1.807) is 4.90 Å². The molecule has 19 heavy (non-hydrogen) atoms. The highest BCUT2D eigenvalue weighted by Gasteiger charge is 2.51. The SMILES string of the molecule is C1CCOC1.CCN1C(=O)N(CC)C2C(=O)SCC21. The van der Waals surface area contributed by atoms with Gasteiger partial charge in [0.05, 0.1) is 6.04 Å². The summed E-state index contributed by atoms with van der Waals surface area (Å²) in [5.74, 6) is 0.763. The number of amides is 2. The standard InChI is InChI=1S/C9H14N2O2S.C4H8O/c1-3-10-6-5-14-8(12)7(6)11(4-2)9(10)13;1-2-4-5-3-1/h6-7H,3-5H2,1-2H3;1-4H2. The van der Waals surface area contributed by atoms with Crippen molar-refractivity contribution in [2.24, 2.45) is 0 Å². The van der Waals surface area contributed by atoms with Gasteiger partial charge in [0, 0.05) is 32.1 Å². The molecule has 3 aliphatic heterocycles. The lowest BCUT2D eigenvalue weighted by Crippen LogP contribution is -2.38. The predicted molar refractivity (Wildman–Crippen MR) is 75.3 cm³/mol. The number of urea groups is 1. The second kappa shape index (κ2) is 6.61. The van der Waals surface area contributed by atoms with Gasteiger partial charge in [-0.15, -0.1) is 0 Å². The van der Waals surface area contributed by atoms with E-state index >= 15 is 0 Å². The maximum absolute atomic E-state index is 11.8. The van der Waals surface area contributed by atoms with Crippen molar-refractivity contribution in [2.75, 3.05) is 32.1 Å². The molecule has 2 amide bonds. The van der Waals surface area contributed by atoms with Crippen LogP contribution in [0, 0.1) is 0 Å². The van der Waals surface area contributed by atoms with E-state index in [9.17, 15) is 9.59 Å². The molecule has 0 radical (unpaired) electrons. The Bertz CT molecular complexity index is 339. The quantitative estimate of drug-likeness (QED) is 0.723. The maximum Gasteiger partial charge on any atom is 0.321 e. The van der Waals surface area contributed by atoms with E-state index in [1.165, 1.54) is 24.6 Å². The Hall–Kier alpha value is -0.750. The molecule has 0 aromatic rings. The monoisotopic (exact) mass is 286 g/mol. The molecule has 0 aliphatic carbocycles. The molecule has 0 aromatic carbocycles. The molecular weight excluding hydrogens is 264 g/mol. The van der Waals surface area contributed by atoms with Crippen molar-refractivity contribution in [3.05, 3.63) is 0 Å². The molecule has 3 aliphatic rings. The molecule has 6 heteroatoms. The highest BCUT2D eigenvalue weighted by Crippen LogP contribution is 2.34. The first kappa shape index (κ1) is 14.7. The molecule has 5 nitrogen and oxygen atoms in total. The van der Waals surface area contributed by atoms with Crippen molar-refractivity contribution < 1.29 is 14.3 Å². The first-order valence-electron chi connectivity index (χ1n) is 7.02. The van der Waals surface area contributed by atoms with E-state index < -0.39 is 0 Å². The number of fused-ring (bicyclic) bond motifs is 1. The smallest absolute Gasteiger partial charge is 0.321 e. The first-order valence-corrected chi connectivity index (χ1v) is 8.00. The summed E-state index contributed by atoms with van der Waals surface area (Å²) in [5, 5.41) is 0.154. The molecule has 108 valence electrons. The van der Waals surface area contributed by atoms with Crippen molar-refractivity contribution in [1.29, 1.82) is 0 Å². The highest BCUT2D eigenvalue weighted by molar-refractivity contribution is 8.14. The van der Waals surface area contributed by atoms with Crippen molar-refractivity contribution in [1.82, 2.24) is 9.80 Å². The second-order valence-corrected chi connectivity index (χ2v) is 5.84. The Morgan fingerprint density at radius 2 is 1.79 bits per heavy atom. The summed E-state index contributed by atoms with van der Waals surface area (Å²) in [7, 11) is 0. The number of rotatable bonds is 2. The van der Waals surface area contributed by atoms with E-state index in [4.69, 9.17) is 4.74 Å². The minimum absolute atomic E-state index is 0.0265. The van der Waals surface area contributed by atoms with Gasteiger partial charge in [0.1, 0.15) is 6.04 Å². The number of nitrogens with zero attached hydrogens (tertiary/aromatic N) is 2. The lowest BCUT2D eigenvalue weighted by atomic mass is 10.1. The summed E-state index contributed by atoms with van der Waals surface area (Å²) in [6.45, 7) is 7.21. The van der Waals surface area contributed by atoms with Crippen molar-refractivity contribution in [3.63, 3.8) is 0 Å². The average Bonchev–Trinajstić information content (AvgIpc) is 3.11. The largest absolute Gasteiger partial charge is 0.381 e. The Morgan fingerprint density at radius 3 is 2.26 bits per heavy atom. The van der Waals surface area contributed by atoms with Gasteiger partial charge in [-0.25, -0.2) is 4.79 Å². The normalized spacial score (nSPS) is 29.6. The minimum atomic E-state index is -0.183. The molecule has 3 heterocycles. The second-order valence-electron chi connectivity index (χ2n) is 4.82. The third kappa shape index (κ3) is 2.89. The van der Waals surface area contributed by atoms with E-state index in [0.29, 0.717) is 13.1 Å². The van der Waals surface area contributed by atoms with Crippen LogP contribution in [0.15, 0.2) is 0 Å². The molecular formula is C13H22N2O3S. The number of hydrogen-bond acceptors (Lipinski definition) is 4. The van der Waals surface area contributed by atoms with Gasteiger partial charge >= 0.3 is 6.03 Å². The van der Waals surface area contributed by atoms with Crippen molar-refractivity contribution in [3.8, 4) is 0 Å². The molecule has 2 unspecified atom stereocenters. The van der Waals surface area contributed by atoms with E-state index in [-0.39, 0.29) is 23.2 Å². The summed E-state index contributed by atoms with van der Waals surface area (Å²) >= 11 is 1.36. The lowest BCUT2D eigenvalue weighted by Gasteiger charge is -2.19. The number of likely N-dealkylation sites (N-methyl/N-ethyl adjacent to an activating group) is 2. The summed E-state index contributed by atoms with van der Waals surface area (Å²) in [6.07, 6.45) is 2.56. The minimum Gasteiger partial charge on any atom is -0.381 e. The fourth-order valence-corrected chi connectivity index (χ4v) is 3.89. The molecule has 2 atom stereocenters. The van der Waals surface area contributed by atoms with Crippen LogP contribution in [0.25, 0.3) is 0 Å². The highest BCUT2D eigenvalue weighted by atomic mass is 32.2. The summed E-state index contributed by atoms with van der Waals surface area (Å²) in [5.41, 5.74) is 0. The topological polar surface area (TPSA) is 49.9 Å². The zero-order valence-electron chi connectivity index (χ0n) is 11.6. The van der Waals surface area contributed by atoms with Crippen LogP contribution in [-0.4, -0.2) is 65.1 Å². The molecule has 3 fully saturated rings. The van der Waals surface area contributed by atoms with Crippen LogP contribution in [0.1, 0.15) is 26.7 Å². The predicted octanol–water partition coefficient (Wildman–Crippen LogP) is 1.57. The number of ether oxygens (including phenoxy) is 1. The Balaban J connectivity index is 0.000000224. The van der Waals surface area contributed by atoms with Gasteiger partial charge in [0.25, 0.3) is 0 Å². The van der Waals surface area contributed by atoms with Gasteiger partial charge in [-0.05, 0) is 26.7 Å². The van der Waals surface area contributed by atoms with Crippen molar-refractivity contribution >= 4 is 22.9 Å². The maximum atomic E-state index is 11.8. The van der Waals surface area contributed by atoms with Crippen LogP contribution >= 0.6 is 11.8 Å². The molecule has 0 bridgehead atoms. The molecule has 0 aromatic heterocycles. The van der Waals surface area contributed by atoms with Crippen LogP contribution in [0.2, 0.25) is 0 Å². The molecule has 3 rings (SSSR count). The fourth-order valence-electron chi connectivity index (χ4n) is 2.73.